The molecule has 37 heavy (non-hydrogen) atoms. The van der Waals surface area contributed by atoms with Gasteiger partial charge in [-0.2, -0.15) is 0 Å². The summed E-state index contributed by atoms with van der Waals surface area (Å²) in [5.74, 6) is 0.357. The molecule has 1 N–H and O–H groups in total. The van der Waals surface area contributed by atoms with Crippen LogP contribution < -0.4 is 15.0 Å². The van der Waals surface area contributed by atoms with Gasteiger partial charge in [0.25, 0.3) is 0 Å². The number of benzene rings is 2. The van der Waals surface area contributed by atoms with Gasteiger partial charge in [0, 0.05) is 30.9 Å². The number of ether oxygens (including phenoxy) is 2. The molecule has 2 heterocycles. The predicted molar refractivity (Wildman–Crippen MR) is 148 cm³/mol. The van der Waals surface area contributed by atoms with E-state index in [1.807, 2.05) is 20.8 Å². The molecule has 2 amide bonds. The van der Waals surface area contributed by atoms with Gasteiger partial charge in [0.1, 0.15) is 23.5 Å². The second-order valence-electron chi connectivity index (χ2n) is 11.1. The maximum absolute atomic E-state index is 13.1. The van der Waals surface area contributed by atoms with Crippen molar-refractivity contribution in [1.82, 2.24) is 4.90 Å². The molecule has 2 aliphatic heterocycles. The van der Waals surface area contributed by atoms with E-state index in [1.165, 1.54) is 21.7 Å². The van der Waals surface area contributed by atoms with Gasteiger partial charge in [-0.05, 0) is 95.3 Å². The number of amides is 2. The molecule has 0 saturated carbocycles. The Kier molecular flexibility index (Phi) is 8.22. The summed E-state index contributed by atoms with van der Waals surface area (Å²) >= 11 is 6.55. The molecule has 2 fully saturated rings. The lowest BCUT2D eigenvalue weighted by Gasteiger charge is -2.35. The molecular formula is C29H38ClN3O4. The van der Waals surface area contributed by atoms with Crippen molar-refractivity contribution in [2.75, 3.05) is 29.9 Å². The number of aryl methyl sites for hydroxylation is 2. The third-order valence-electron chi connectivity index (χ3n) is 6.64. The molecule has 0 radical (unpaired) electrons. The van der Waals surface area contributed by atoms with Crippen LogP contribution in [0.25, 0.3) is 0 Å². The number of rotatable bonds is 5. The number of carbonyl (C=O) groups is 2. The maximum atomic E-state index is 13.1. The minimum absolute atomic E-state index is 0.0309. The highest BCUT2D eigenvalue weighted by atomic mass is 35.5. The Morgan fingerprint density at radius 2 is 1.73 bits per heavy atom. The number of nitrogens with zero attached hydrogens (tertiary/aromatic N) is 2. The standard InChI is InChI=1S/C29H38ClN3O4/c1-19-14-20(2)16-22(15-19)32-13-11-23(18-32)36-26-10-9-21(17-24(26)30)31-27(34)25-8-6-7-12-33(25)28(35)37-29(3,4)5/h9-10,14-17,23,25H,6-8,11-13,18H2,1-5H3,(H,31,34)/t23-,25+/m0/s1. The lowest BCUT2D eigenvalue weighted by Crippen LogP contribution is -2.51. The molecule has 2 atom stereocenters. The summed E-state index contributed by atoms with van der Waals surface area (Å²) < 4.78 is 11.8. The smallest absolute Gasteiger partial charge is 0.410 e. The molecule has 0 aromatic heterocycles. The molecule has 4 rings (SSSR count). The van der Waals surface area contributed by atoms with E-state index in [1.54, 1.807) is 18.2 Å². The van der Waals surface area contributed by atoms with Gasteiger partial charge in [0.15, 0.2) is 0 Å². The van der Waals surface area contributed by atoms with Crippen LogP contribution in [0.3, 0.4) is 0 Å². The summed E-state index contributed by atoms with van der Waals surface area (Å²) in [5, 5.41) is 3.36. The van der Waals surface area contributed by atoms with Crippen molar-refractivity contribution in [3.05, 3.63) is 52.5 Å². The first kappa shape index (κ1) is 27.1. The van der Waals surface area contributed by atoms with Crippen molar-refractivity contribution >= 4 is 35.0 Å². The molecule has 200 valence electrons. The van der Waals surface area contributed by atoms with Crippen LogP contribution in [0.5, 0.6) is 5.75 Å². The van der Waals surface area contributed by atoms with Gasteiger partial charge in [-0.3, -0.25) is 9.69 Å². The van der Waals surface area contributed by atoms with Crippen LogP contribution in [0.4, 0.5) is 16.2 Å². The molecule has 2 aromatic rings. The van der Waals surface area contributed by atoms with Crippen molar-refractivity contribution in [2.24, 2.45) is 0 Å². The van der Waals surface area contributed by atoms with Crippen LogP contribution in [0.15, 0.2) is 36.4 Å². The van der Waals surface area contributed by atoms with Crippen molar-refractivity contribution in [3.63, 3.8) is 0 Å². The molecule has 0 aliphatic carbocycles. The number of halogens is 1. The molecule has 7 nitrogen and oxygen atoms in total. The fourth-order valence-corrected chi connectivity index (χ4v) is 5.24. The van der Waals surface area contributed by atoms with E-state index in [-0.39, 0.29) is 12.0 Å². The maximum Gasteiger partial charge on any atom is 0.410 e. The predicted octanol–water partition coefficient (Wildman–Crippen LogP) is 6.34. The quantitative estimate of drug-likeness (QED) is 0.491. The third kappa shape index (κ3) is 7.10. The zero-order chi connectivity index (χ0) is 26.7. The van der Waals surface area contributed by atoms with Crippen LogP contribution >= 0.6 is 11.6 Å². The summed E-state index contributed by atoms with van der Waals surface area (Å²) in [5.41, 5.74) is 3.68. The molecule has 0 bridgehead atoms. The molecule has 8 heteroatoms. The van der Waals surface area contributed by atoms with Gasteiger partial charge in [-0.1, -0.05) is 17.7 Å². The highest BCUT2D eigenvalue weighted by Gasteiger charge is 2.35. The lowest BCUT2D eigenvalue weighted by molar-refractivity contribution is -0.122. The molecule has 2 aliphatic rings. The van der Waals surface area contributed by atoms with Crippen molar-refractivity contribution in [1.29, 1.82) is 0 Å². The van der Waals surface area contributed by atoms with Crippen LogP contribution in [0.2, 0.25) is 5.02 Å². The minimum atomic E-state index is -0.617. The third-order valence-corrected chi connectivity index (χ3v) is 6.94. The van der Waals surface area contributed by atoms with Gasteiger partial charge in [0.2, 0.25) is 5.91 Å². The van der Waals surface area contributed by atoms with E-state index in [0.717, 1.165) is 32.4 Å². The molecule has 2 aromatic carbocycles. The van der Waals surface area contributed by atoms with Crippen LogP contribution in [-0.4, -0.2) is 54.3 Å². The number of hydrogen-bond acceptors (Lipinski definition) is 5. The first-order valence-electron chi connectivity index (χ1n) is 13.1. The van der Waals surface area contributed by atoms with Gasteiger partial charge in [0.05, 0.1) is 11.6 Å². The summed E-state index contributed by atoms with van der Waals surface area (Å²) in [6.07, 6.45) is 2.81. The van der Waals surface area contributed by atoms with Gasteiger partial charge >= 0.3 is 6.09 Å². The highest BCUT2D eigenvalue weighted by molar-refractivity contribution is 6.32. The molecule has 0 spiro atoms. The topological polar surface area (TPSA) is 71.1 Å². The summed E-state index contributed by atoms with van der Waals surface area (Å²) in [7, 11) is 0. The number of anilines is 2. The average molecular weight is 528 g/mol. The summed E-state index contributed by atoms with van der Waals surface area (Å²) in [6.45, 7) is 11.9. The van der Waals surface area contributed by atoms with Crippen molar-refractivity contribution in [2.45, 2.75) is 78.0 Å². The zero-order valence-corrected chi connectivity index (χ0v) is 23.2. The van der Waals surface area contributed by atoms with E-state index < -0.39 is 17.7 Å². The SMILES string of the molecule is Cc1cc(C)cc(N2CC[C@H](Oc3ccc(NC(=O)[C@H]4CCCCN4C(=O)OC(C)(C)C)cc3Cl)C2)c1. The van der Waals surface area contributed by atoms with E-state index in [4.69, 9.17) is 21.1 Å². The minimum Gasteiger partial charge on any atom is -0.487 e. The van der Waals surface area contributed by atoms with E-state index in [9.17, 15) is 9.59 Å². The molecule has 2 saturated heterocycles. The van der Waals surface area contributed by atoms with Crippen LogP contribution in [-0.2, 0) is 9.53 Å². The lowest BCUT2D eigenvalue weighted by atomic mass is 10.0. The molecule has 0 unspecified atom stereocenters. The van der Waals surface area contributed by atoms with E-state index in [0.29, 0.717) is 29.4 Å². The number of carbonyl (C=O) groups excluding carboxylic acids is 2. The van der Waals surface area contributed by atoms with Crippen molar-refractivity contribution < 1.29 is 19.1 Å². The Morgan fingerprint density at radius 3 is 2.41 bits per heavy atom. The van der Waals surface area contributed by atoms with E-state index in [2.05, 4.69) is 42.3 Å². The number of hydrogen-bond donors (Lipinski definition) is 1. The Hall–Kier alpha value is -2.93. The Balaban J connectivity index is 1.36. The van der Waals surface area contributed by atoms with E-state index >= 15 is 0 Å². The normalized spacial score (nSPS) is 20.1. The highest BCUT2D eigenvalue weighted by Crippen LogP contribution is 2.32. The Bertz CT molecular complexity index is 1130. The molecular weight excluding hydrogens is 490 g/mol. The number of nitrogens with one attached hydrogen (secondary N) is 1. The van der Waals surface area contributed by atoms with Crippen LogP contribution in [0.1, 0.15) is 57.6 Å². The largest absolute Gasteiger partial charge is 0.487 e. The van der Waals surface area contributed by atoms with Crippen molar-refractivity contribution in [3.8, 4) is 5.75 Å². The Labute approximate surface area is 225 Å². The van der Waals surface area contributed by atoms with Gasteiger partial charge in [-0.15, -0.1) is 0 Å². The first-order valence-corrected chi connectivity index (χ1v) is 13.5. The second kappa shape index (κ2) is 11.2. The van der Waals surface area contributed by atoms with Crippen LogP contribution in [0, 0.1) is 13.8 Å². The Morgan fingerprint density at radius 1 is 1.00 bits per heavy atom. The fourth-order valence-electron chi connectivity index (χ4n) is 5.01. The average Bonchev–Trinajstić information content (AvgIpc) is 3.28. The second-order valence-corrected chi connectivity index (χ2v) is 11.5. The zero-order valence-electron chi connectivity index (χ0n) is 22.5. The number of likely N-dealkylation sites (tertiary alicyclic amines) is 1. The fraction of sp³-hybridized carbons (Fsp3) is 0.517. The first-order chi connectivity index (χ1) is 17.5. The summed E-state index contributed by atoms with van der Waals surface area (Å²) in [4.78, 5) is 29.6. The number of piperidine rings is 1. The monoisotopic (exact) mass is 527 g/mol. The van der Waals surface area contributed by atoms with Gasteiger partial charge < -0.3 is 19.7 Å². The summed E-state index contributed by atoms with van der Waals surface area (Å²) in [6, 6.07) is 11.3. The van der Waals surface area contributed by atoms with Gasteiger partial charge in [-0.25, -0.2) is 4.79 Å².